The molecule has 0 fully saturated rings. The minimum Gasteiger partial charge on any atom is -0.339 e. The van der Waals surface area contributed by atoms with Gasteiger partial charge in [-0.1, -0.05) is 149 Å². The summed E-state index contributed by atoms with van der Waals surface area (Å²) in [7, 11) is 0. The molecule has 2 nitrogen and oxygen atoms in total. The molecule has 3 rings (SSSR count). The van der Waals surface area contributed by atoms with Gasteiger partial charge in [0.2, 0.25) is 0 Å². The number of thiocarbonyl (C=S) groups is 2. The lowest BCUT2D eigenvalue weighted by molar-refractivity contribution is 0.663. The number of anilines is 2. The Morgan fingerprint density at radius 3 is 1.67 bits per heavy atom. The normalized spacial score (nSPS) is 10.8. The molecule has 0 saturated heterocycles. The molecule has 0 heterocycles. The van der Waals surface area contributed by atoms with E-state index in [-0.39, 0.29) is 0 Å². The van der Waals surface area contributed by atoms with Gasteiger partial charge >= 0.3 is 0 Å². The zero-order chi connectivity index (χ0) is 27.9. The molecule has 0 saturated carbocycles. The topological polar surface area (TPSA) is 24.1 Å². The lowest BCUT2D eigenvalue weighted by atomic mass is 10.1. The van der Waals surface area contributed by atoms with Crippen molar-refractivity contribution in [2.75, 3.05) is 10.6 Å². The fourth-order valence-electron chi connectivity index (χ4n) is 4.50. The van der Waals surface area contributed by atoms with Gasteiger partial charge in [-0.05, 0) is 67.5 Å². The third-order valence-corrected chi connectivity index (χ3v) is 9.20. The van der Waals surface area contributed by atoms with Crippen LogP contribution in [0.5, 0.6) is 0 Å². The van der Waals surface area contributed by atoms with E-state index in [1.807, 2.05) is 0 Å². The first-order valence-electron chi connectivity index (χ1n) is 14.2. The Balaban J connectivity index is 1.65. The molecule has 2 N–H and O–H groups in total. The quantitative estimate of drug-likeness (QED) is 0.109. The first-order valence-corrected chi connectivity index (χ1v) is 16.7. The van der Waals surface area contributed by atoms with Crippen molar-refractivity contribution in [1.29, 1.82) is 0 Å². The molecule has 39 heavy (non-hydrogen) atoms. The van der Waals surface area contributed by atoms with Gasteiger partial charge < -0.3 is 10.6 Å². The van der Waals surface area contributed by atoms with Gasteiger partial charge in [-0.15, -0.1) is 0 Å². The molecule has 0 aromatic heterocycles. The lowest BCUT2D eigenvalue weighted by Gasteiger charge is -2.18. The van der Waals surface area contributed by atoms with Crippen molar-refractivity contribution in [2.24, 2.45) is 0 Å². The Morgan fingerprint density at radius 1 is 0.615 bits per heavy atom. The maximum atomic E-state index is 5.83. The maximum Gasteiger partial charge on any atom is 0.143 e. The predicted octanol–water partition coefficient (Wildman–Crippen LogP) is 11.2. The van der Waals surface area contributed by atoms with Gasteiger partial charge in [0.05, 0.1) is 11.4 Å². The van der Waals surface area contributed by atoms with Crippen LogP contribution in [-0.4, -0.2) is 8.64 Å². The van der Waals surface area contributed by atoms with Crippen molar-refractivity contribution in [3.05, 3.63) is 83.4 Å². The molecule has 0 unspecified atom stereocenters. The molecule has 208 valence electrons. The third kappa shape index (κ3) is 10.9. The Kier molecular flexibility index (Phi) is 14.4. The van der Waals surface area contributed by atoms with E-state index in [0.717, 1.165) is 38.4 Å². The summed E-state index contributed by atoms with van der Waals surface area (Å²) in [6.45, 7) is 6.61. The first-order chi connectivity index (χ1) is 19.0. The predicted molar refractivity (Wildman–Crippen MR) is 184 cm³/mol. The molecule has 6 heteroatoms. The summed E-state index contributed by atoms with van der Waals surface area (Å²) in [4.78, 5) is 2.46. The first kappa shape index (κ1) is 31.7. The largest absolute Gasteiger partial charge is 0.339 e. The van der Waals surface area contributed by atoms with E-state index in [4.69, 9.17) is 24.4 Å². The van der Waals surface area contributed by atoms with Gasteiger partial charge in [-0.2, -0.15) is 0 Å². The molecule has 0 spiro atoms. The molecule has 0 aliphatic heterocycles. The molecular formula is C33H42N2S4. The van der Waals surface area contributed by atoms with Crippen LogP contribution in [0.3, 0.4) is 0 Å². The zero-order valence-electron chi connectivity index (χ0n) is 23.6. The average molecular weight is 595 g/mol. The van der Waals surface area contributed by atoms with Gasteiger partial charge in [0.1, 0.15) is 8.64 Å². The smallest absolute Gasteiger partial charge is 0.143 e. The van der Waals surface area contributed by atoms with E-state index in [2.05, 4.69) is 98.1 Å². The Labute approximate surface area is 255 Å². The molecule has 0 atom stereocenters. The number of para-hydroxylation sites is 1. The van der Waals surface area contributed by atoms with Crippen molar-refractivity contribution in [3.63, 3.8) is 0 Å². The standard InChI is InChI=1S/C33H42N2S4/c1-4-6-8-10-18-26-20-12-14-23-29(26)38-32(36)34-28-22-16-17-25(3)31(28)35-33(37)39-30-24-15-13-21-27(30)19-11-9-7-5-2/h12-17,20-24H,4-11,18-19H2,1-3H3,(H,34,36)(H,35,37). The van der Waals surface area contributed by atoms with Crippen molar-refractivity contribution in [1.82, 2.24) is 0 Å². The van der Waals surface area contributed by atoms with Gasteiger partial charge in [0, 0.05) is 9.79 Å². The van der Waals surface area contributed by atoms with Crippen molar-refractivity contribution in [3.8, 4) is 0 Å². The van der Waals surface area contributed by atoms with Gasteiger partial charge in [0.25, 0.3) is 0 Å². The highest BCUT2D eigenvalue weighted by atomic mass is 32.2. The van der Waals surface area contributed by atoms with E-state index < -0.39 is 0 Å². The van der Waals surface area contributed by atoms with Gasteiger partial charge in [-0.3, -0.25) is 0 Å². The van der Waals surface area contributed by atoms with E-state index in [0.29, 0.717) is 0 Å². The van der Waals surface area contributed by atoms with Crippen molar-refractivity contribution < 1.29 is 0 Å². The number of rotatable bonds is 14. The number of nitrogens with one attached hydrogen (secondary N) is 2. The minimum absolute atomic E-state index is 0.737. The molecule has 3 aromatic rings. The van der Waals surface area contributed by atoms with Gasteiger partial charge in [0.15, 0.2) is 0 Å². The van der Waals surface area contributed by atoms with E-state index in [1.54, 1.807) is 23.5 Å². The molecule has 0 amide bonds. The number of hydrogen-bond acceptors (Lipinski definition) is 4. The molecule has 0 aliphatic carbocycles. The highest BCUT2D eigenvalue weighted by Crippen LogP contribution is 2.33. The number of unbranched alkanes of at least 4 members (excludes halogenated alkanes) is 6. The Bertz CT molecular complexity index is 1210. The van der Waals surface area contributed by atoms with E-state index in [1.165, 1.54) is 72.3 Å². The average Bonchev–Trinajstić information content (AvgIpc) is 2.93. The van der Waals surface area contributed by atoms with Crippen molar-refractivity contribution >= 4 is 68.0 Å². The second-order valence-corrected chi connectivity index (χ2v) is 13.3. The fourth-order valence-corrected chi connectivity index (χ4v) is 6.86. The number of aryl methyl sites for hydroxylation is 3. The molecule has 3 aromatic carbocycles. The maximum absolute atomic E-state index is 5.83. The monoisotopic (exact) mass is 594 g/mol. The summed E-state index contributed by atoms with van der Waals surface area (Å²) >= 11 is 14.9. The summed E-state index contributed by atoms with van der Waals surface area (Å²) in [5.41, 5.74) is 5.79. The Hall–Kier alpha value is -1.86. The lowest BCUT2D eigenvalue weighted by Crippen LogP contribution is -2.12. The second-order valence-electron chi connectivity index (χ2n) is 9.86. The molecule has 0 aliphatic rings. The van der Waals surface area contributed by atoms with Gasteiger partial charge in [-0.25, -0.2) is 0 Å². The number of benzene rings is 3. The van der Waals surface area contributed by atoms with Crippen LogP contribution in [-0.2, 0) is 12.8 Å². The highest BCUT2D eigenvalue weighted by Gasteiger charge is 2.13. The van der Waals surface area contributed by atoms with Crippen LogP contribution in [0.4, 0.5) is 11.4 Å². The second kappa shape index (κ2) is 17.8. The fraction of sp³-hybridized carbons (Fsp3) is 0.394. The number of hydrogen-bond donors (Lipinski definition) is 2. The van der Waals surface area contributed by atoms with Crippen LogP contribution < -0.4 is 10.6 Å². The van der Waals surface area contributed by atoms with Crippen LogP contribution in [0.25, 0.3) is 0 Å². The number of thioether (sulfide) groups is 2. The molecule has 0 bridgehead atoms. The zero-order valence-corrected chi connectivity index (χ0v) is 26.8. The van der Waals surface area contributed by atoms with Crippen LogP contribution in [0.15, 0.2) is 76.5 Å². The van der Waals surface area contributed by atoms with E-state index in [9.17, 15) is 0 Å². The van der Waals surface area contributed by atoms with Crippen LogP contribution in [0, 0.1) is 6.92 Å². The highest BCUT2D eigenvalue weighted by molar-refractivity contribution is 8.23. The summed E-state index contributed by atoms with van der Waals surface area (Å²) in [6.07, 6.45) is 12.3. The SMILES string of the molecule is CCCCCCc1ccccc1SC(=S)Nc1cccc(C)c1NC(=S)Sc1ccccc1CCCCCC. The third-order valence-electron chi connectivity index (χ3n) is 6.69. The molecular weight excluding hydrogens is 553 g/mol. The summed E-state index contributed by atoms with van der Waals surface area (Å²) in [6, 6.07) is 23.5. The summed E-state index contributed by atoms with van der Waals surface area (Å²) < 4.78 is 1.48. The van der Waals surface area contributed by atoms with Crippen LogP contribution in [0.1, 0.15) is 81.9 Å². The van der Waals surface area contributed by atoms with E-state index >= 15 is 0 Å². The van der Waals surface area contributed by atoms with Crippen molar-refractivity contribution in [2.45, 2.75) is 94.8 Å². The minimum atomic E-state index is 0.737. The van der Waals surface area contributed by atoms with Crippen LogP contribution in [0.2, 0.25) is 0 Å². The summed E-state index contributed by atoms with van der Waals surface area (Å²) in [5.74, 6) is 0. The molecule has 0 radical (unpaired) electrons. The van der Waals surface area contributed by atoms with Crippen LogP contribution >= 0.6 is 48.0 Å². The summed E-state index contributed by atoms with van der Waals surface area (Å²) in [5, 5.41) is 7.00. The Morgan fingerprint density at radius 2 is 1.13 bits per heavy atom.